The molecule has 0 bridgehead atoms. The zero-order valence-electron chi connectivity index (χ0n) is 7.17. The molecule has 1 aromatic rings. The van der Waals surface area contributed by atoms with E-state index in [0.29, 0.717) is 13.2 Å². The van der Waals surface area contributed by atoms with Crippen LogP contribution in [0, 0.1) is 0 Å². The lowest BCUT2D eigenvalue weighted by Crippen LogP contribution is -2.15. The Morgan fingerprint density at radius 1 is 1.31 bits per heavy atom. The molecule has 1 aromatic carbocycles. The molecule has 0 saturated carbocycles. The smallest absolute Gasteiger partial charge is 0.175 e. The highest BCUT2D eigenvalue weighted by molar-refractivity contribution is 9.10. The molecule has 0 aliphatic carbocycles. The minimum absolute atomic E-state index is 0.590. The third kappa shape index (κ3) is 1.58. The number of halogens is 1. The Bertz CT molecular complexity index is 325. The Balaban J connectivity index is 2.47. The van der Waals surface area contributed by atoms with Gasteiger partial charge in [0, 0.05) is 6.07 Å². The molecule has 0 unspecified atom stereocenters. The predicted molar refractivity (Wildman–Crippen MR) is 51.7 cm³/mol. The van der Waals surface area contributed by atoms with Crippen LogP contribution in [-0.4, -0.2) is 20.3 Å². The first kappa shape index (κ1) is 8.69. The van der Waals surface area contributed by atoms with Crippen LogP contribution in [0.1, 0.15) is 0 Å². The van der Waals surface area contributed by atoms with Crippen molar-refractivity contribution in [3.05, 3.63) is 16.6 Å². The van der Waals surface area contributed by atoms with E-state index in [1.54, 1.807) is 7.11 Å². The van der Waals surface area contributed by atoms with E-state index >= 15 is 0 Å². The van der Waals surface area contributed by atoms with E-state index in [0.717, 1.165) is 21.7 Å². The highest BCUT2D eigenvalue weighted by Crippen LogP contribution is 2.40. The van der Waals surface area contributed by atoms with Crippen LogP contribution in [0.25, 0.3) is 0 Å². The van der Waals surface area contributed by atoms with Crippen molar-refractivity contribution < 1.29 is 14.2 Å². The number of fused-ring (bicyclic) bond motifs is 1. The fourth-order valence-electron chi connectivity index (χ4n) is 1.21. The molecule has 13 heavy (non-hydrogen) atoms. The van der Waals surface area contributed by atoms with Crippen LogP contribution in [0.15, 0.2) is 16.6 Å². The minimum atomic E-state index is 0.590. The van der Waals surface area contributed by atoms with Gasteiger partial charge in [-0.05, 0) is 22.0 Å². The van der Waals surface area contributed by atoms with Crippen LogP contribution in [-0.2, 0) is 0 Å². The predicted octanol–water partition coefficient (Wildman–Crippen LogP) is 2.23. The zero-order valence-corrected chi connectivity index (χ0v) is 8.76. The van der Waals surface area contributed by atoms with E-state index in [-0.39, 0.29) is 0 Å². The Morgan fingerprint density at radius 2 is 2.08 bits per heavy atom. The van der Waals surface area contributed by atoms with E-state index in [1.807, 2.05) is 12.1 Å². The van der Waals surface area contributed by atoms with Crippen molar-refractivity contribution in [1.29, 1.82) is 0 Å². The SMILES string of the molecule is COc1cc(Br)c2c(c1)OCCO2. The van der Waals surface area contributed by atoms with E-state index in [9.17, 15) is 0 Å². The van der Waals surface area contributed by atoms with Crippen LogP contribution < -0.4 is 14.2 Å². The molecule has 0 saturated heterocycles. The molecule has 0 spiro atoms. The summed E-state index contributed by atoms with van der Waals surface area (Å²) in [5.74, 6) is 2.25. The maximum absolute atomic E-state index is 5.43. The van der Waals surface area contributed by atoms with E-state index in [2.05, 4.69) is 15.9 Å². The van der Waals surface area contributed by atoms with Crippen molar-refractivity contribution in [2.75, 3.05) is 20.3 Å². The first-order chi connectivity index (χ1) is 6.31. The molecular formula is C9H9BrO3. The normalized spacial score (nSPS) is 14.0. The van der Waals surface area contributed by atoms with Crippen LogP contribution in [0.5, 0.6) is 17.2 Å². The summed E-state index contributed by atoms with van der Waals surface area (Å²) in [7, 11) is 1.62. The van der Waals surface area contributed by atoms with Gasteiger partial charge in [-0.3, -0.25) is 0 Å². The first-order valence-electron chi connectivity index (χ1n) is 3.94. The van der Waals surface area contributed by atoms with Crippen molar-refractivity contribution >= 4 is 15.9 Å². The largest absolute Gasteiger partial charge is 0.497 e. The first-order valence-corrected chi connectivity index (χ1v) is 4.73. The van der Waals surface area contributed by atoms with Crippen molar-refractivity contribution in [2.24, 2.45) is 0 Å². The van der Waals surface area contributed by atoms with Gasteiger partial charge in [-0.1, -0.05) is 0 Å². The molecule has 0 radical (unpaired) electrons. The monoisotopic (exact) mass is 244 g/mol. The number of rotatable bonds is 1. The molecule has 1 heterocycles. The number of hydrogen-bond donors (Lipinski definition) is 0. The van der Waals surface area contributed by atoms with E-state index in [1.165, 1.54) is 0 Å². The second-order valence-electron chi connectivity index (χ2n) is 2.63. The van der Waals surface area contributed by atoms with E-state index < -0.39 is 0 Å². The second-order valence-corrected chi connectivity index (χ2v) is 3.49. The highest BCUT2D eigenvalue weighted by atomic mass is 79.9. The van der Waals surface area contributed by atoms with Crippen LogP contribution in [0.2, 0.25) is 0 Å². The highest BCUT2D eigenvalue weighted by Gasteiger charge is 2.16. The Hall–Kier alpha value is -0.900. The van der Waals surface area contributed by atoms with Gasteiger partial charge in [0.05, 0.1) is 11.6 Å². The summed E-state index contributed by atoms with van der Waals surface area (Å²) in [4.78, 5) is 0. The molecule has 3 nitrogen and oxygen atoms in total. The van der Waals surface area contributed by atoms with Crippen molar-refractivity contribution in [2.45, 2.75) is 0 Å². The Morgan fingerprint density at radius 3 is 2.85 bits per heavy atom. The summed E-state index contributed by atoms with van der Waals surface area (Å²) in [5, 5.41) is 0. The molecule has 0 aromatic heterocycles. The molecule has 4 heteroatoms. The average Bonchev–Trinajstić information content (AvgIpc) is 2.18. The van der Waals surface area contributed by atoms with Gasteiger partial charge >= 0.3 is 0 Å². The average molecular weight is 245 g/mol. The third-order valence-corrected chi connectivity index (χ3v) is 2.40. The maximum Gasteiger partial charge on any atom is 0.175 e. The van der Waals surface area contributed by atoms with Gasteiger partial charge in [-0.15, -0.1) is 0 Å². The van der Waals surface area contributed by atoms with Crippen LogP contribution in [0.4, 0.5) is 0 Å². The van der Waals surface area contributed by atoms with Gasteiger partial charge in [0.15, 0.2) is 11.5 Å². The number of hydrogen-bond acceptors (Lipinski definition) is 3. The lowest BCUT2D eigenvalue weighted by atomic mass is 10.3. The Labute approximate surface area is 84.7 Å². The fraction of sp³-hybridized carbons (Fsp3) is 0.333. The summed E-state index contributed by atoms with van der Waals surface area (Å²) in [5.41, 5.74) is 0. The number of methoxy groups -OCH3 is 1. The molecule has 70 valence electrons. The van der Waals surface area contributed by atoms with Crippen LogP contribution in [0.3, 0.4) is 0 Å². The molecule has 0 amide bonds. The lowest BCUT2D eigenvalue weighted by molar-refractivity contribution is 0.169. The van der Waals surface area contributed by atoms with Crippen molar-refractivity contribution in [3.63, 3.8) is 0 Å². The van der Waals surface area contributed by atoms with Crippen molar-refractivity contribution in [1.82, 2.24) is 0 Å². The molecule has 2 rings (SSSR count). The summed E-state index contributed by atoms with van der Waals surface area (Å²) >= 11 is 3.39. The van der Waals surface area contributed by atoms with Gasteiger partial charge < -0.3 is 14.2 Å². The number of ether oxygens (including phenoxy) is 3. The minimum Gasteiger partial charge on any atom is -0.497 e. The molecule has 1 aliphatic heterocycles. The fourth-order valence-corrected chi connectivity index (χ4v) is 1.74. The molecule has 0 fully saturated rings. The summed E-state index contributed by atoms with van der Waals surface area (Å²) in [6.45, 7) is 1.19. The molecule has 1 aliphatic rings. The second kappa shape index (κ2) is 3.46. The zero-order chi connectivity index (χ0) is 9.26. The van der Waals surface area contributed by atoms with Crippen molar-refractivity contribution in [3.8, 4) is 17.2 Å². The van der Waals surface area contributed by atoms with Crippen LogP contribution >= 0.6 is 15.9 Å². The molecular weight excluding hydrogens is 236 g/mol. The van der Waals surface area contributed by atoms with Gasteiger partial charge in [-0.2, -0.15) is 0 Å². The third-order valence-electron chi connectivity index (χ3n) is 1.81. The molecule has 0 N–H and O–H groups in total. The maximum atomic E-state index is 5.43. The Kier molecular flexibility index (Phi) is 2.31. The lowest BCUT2D eigenvalue weighted by Gasteiger charge is -2.19. The van der Waals surface area contributed by atoms with Gasteiger partial charge in [0.2, 0.25) is 0 Å². The van der Waals surface area contributed by atoms with Gasteiger partial charge in [0.25, 0.3) is 0 Å². The summed E-state index contributed by atoms with van der Waals surface area (Å²) < 4.78 is 16.8. The van der Waals surface area contributed by atoms with Gasteiger partial charge in [0.1, 0.15) is 19.0 Å². The van der Waals surface area contributed by atoms with E-state index in [4.69, 9.17) is 14.2 Å². The standard InChI is InChI=1S/C9H9BrO3/c1-11-6-4-7(10)9-8(5-6)12-2-3-13-9/h4-5H,2-3H2,1H3. The van der Waals surface area contributed by atoms with Gasteiger partial charge in [-0.25, -0.2) is 0 Å². The number of benzene rings is 1. The quantitative estimate of drug-likeness (QED) is 0.759. The molecule has 0 atom stereocenters. The topological polar surface area (TPSA) is 27.7 Å². The summed E-state index contributed by atoms with van der Waals surface area (Å²) in [6, 6.07) is 3.67. The summed E-state index contributed by atoms with van der Waals surface area (Å²) in [6.07, 6.45) is 0.